The number of hydrogen-bond acceptors (Lipinski definition) is 4. The van der Waals surface area contributed by atoms with E-state index < -0.39 is 4.83 Å². The van der Waals surface area contributed by atoms with Crippen molar-refractivity contribution in [3.8, 4) is 17.2 Å². The molecule has 0 aliphatic heterocycles. The van der Waals surface area contributed by atoms with E-state index in [2.05, 4.69) is 44.2 Å². The molecule has 2 N–H and O–H groups in total. The maximum atomic E-state index is 12.9. The zero-order valence-electron chi connectivity index (χ0n) is 18.1. The van der Waals surface area contributed by atoms with Gasteiger partial charge in [-0.25, -0.2) is 0 Å². The molecule has 0 spiro atoms. The van der Waals surface area contributed by atoms with Gasteiger partial charge in [0.2, 0.25) is 11.9 Å². The fourth-order valence-corrected chi connectivity index (χ4v) is 3.55. The molecule has 3 aromatic rings. The van der Waals surface area contributed by atoms with Gasteiger partial charge in [-0.2, -0.15) is 10.2 Å². The molecular weight excluding hydrogens is 468 g/mol. The topological polar surface area (TPSA) is 98.6 Å². The minimum Gasteiger partial charge on any atom is -0.329 e. The smallest absolute Gasteiger partial charge is 0.278 e. The van der Waals surface area contributed by atoms with Gasteiger partial charge < -0.3 is 4.98 Å². The van der Waals surface area contributed by atoms with Crippen molar-refractivity contribution >= 4 is 27.8 Å². The number of anilines is 1. The summed E-state index contributed by atoms with van der Waals surface area (Å²) in [7, 11) is 0. The minimum absolute atomic E-state index is 0.151. The van der Waals surface area contributed by atoms with E-state index in [0.29, 0.717) is 24.0 Å². The molecule has 7 heteroatoms. The lowest BCUT2D eigenvalue weighted by molar-refractivity contribution is -0.115. The first-order valence-electron chi connectivity index (χ1n) is 10.6. The Morgan fingerprint density at radius 1 is 1.25 bits per heavy atom. The van der Waals surface area contributed by atoms with Gasteiger partial charge in [0.15, 0.2) is 0 Å². The van der Waals surface area contributed by atoms with Crippen LogP contribution in [0, 0.1) is 11.3 Å². The molecule has 6 nitrogen and oxygen atoms in total. The van der Waals surface area contributed by atoms with Crippen LogP contribution >= 0.6 is 15.9 Å². The van der Waals surface area contributed by atoms with Gasteiger partial charge in [-0.05, 0) is 42.5 Å². The average molecular weight is 493 g/mol. The maximum absolute atomic E-state index is 12.9. The Balaban J connectivity index is 1.96. The van der Waals surface area contributed by atoms with Crippen LogP contribution in [0.3, 0.4) is 0 Å². The highest BCUT2D eigenvalue weighted by atomic mass is 79.9. The Bertz CT molecular complexity index is 1200. The highest BCUT2D eigenvalue weighted by Crippen LogP contribution is 2.25. The summed E-state index contributed by atoms with van der Waals surface area (Å²) in [6, 6.07) is 17.7. The number of rotatable bonds is 8. The van der Waals surface area contributed by atoms with Crippen molar-refractivity contribution < 1.29 is 4.79 Å². The number of nitrogens with zero attached hydrogens (tertiary/aromatic N) is 2. The van der Waals surface area contributed by atoms with Crippen molar-refractivity contribution in [2.45, 2.75) is 44.4 Å². The van der Waals surface area contributed by atoms with Gasteiger partial charge in [-0.1, -0.05) is 71.7 Å². The monoisotopic (exact) mass is 492 g/mol. The van der Waals surface area contributed by atoms with E-state index in [-0.39, 0.29) is 17.4 Å². The second-order valence-electron chi connectivity index (χ2n) is 7.59. The fourth-order valence-electron chi connectivity index (χ4n) is 3.44. The summed E-state index contributed by atoms with van der Waals surface area (Å²) in [6.45, 7) is 3.78. The Morgan fingerprint density at radius 2 is 2.00 bits per heavy atom. The molecule has 1 amide bonds. The molecule has 0 saturated carbocycles. The van der Waals surface area contributed by atoms with Crippen molar-refractivity contribution in [3.63, 3.8) is 0 Å². The van der Waals surface area contributed by atoms with Crippen LogP contribution in [0.5, 0.6) is 0 Å². The second-order valence-corrected chi connectivity index (χ2v) is 8.96. The third-order valence-electron chi connectivity index (χ3n) is 5.16. The van der Waals surface area contributed by atoms with Gasteiger partial charge in [0, 0.05) is 17.7 Å². The maximum Gasteiger partial charge on any atom is 0.278 e. The van der Waals surface area contributed by atoms with Crippen LogP contribution < -0.4 is 10.9 Å². The number of H-pyrrole nitrogens is 1. The van der Waals surface area contributed by atoms with E-state index in [1.165, 1.54) is 0 Å². The van der Waals surface area contributed by atoms with Gasteiger partial charge in [0.25, 0.3) is 5.56 Å². The summed E-state index contributed by atoms with van der Waals surface area (Å²) in [5.74, 6) is -0.129. The summed E-state index contributed by atoms with van der Waals surface area (Å²) in [6.07, 6.45) is 2.89. The SMILES string of the molecule is CCCCc1[nH]c(NC(=O)C(C)Br)nc(=O)c1Cc1ccc(-c2ccccc2)c(C#N)c1. The molecule has 0 aliphatic rings. The summed E-state index contributed by atoms with van der Waals surface area (Å²) >= 11 is 3.21. The summed E-state index contributed by atoms with van der Waals surface area (Å²) in [4.78, 5) is 31.6. The first-order chi connectivity index (χ1) is 15.4. The molecule has 3 rings (SSSR count). The van der Waals surface area contributed by atoms with E-state index in [1.807, 2.05) is 48.5 Å². The first-order valence-corrected chi connectivity index (χ1v) is 11.5. The molecule has 1 unspecified atom stereocenters. The van der Waals surface area contributed by atoms with Crippen molar-refractivity contribution in [1.29, 1.82) is 5.26 Å². The largest absolute Gasteiger partial charge is 0.329 e. The van der Waals surface area contributed by atoms with E-state index in [1.54, 1.807) is 6.92 Å². The van der Waals surface area contributed by atoms with Gasteiger partial charge >= 0.3 is 0 Å². The number of nitrogens with one attached hydrogen (secondary N) is 2. The minimum atomic E-state index is -0.404. The molecule has 1 atom stereocenters. The number of aromatic amines is 1. The van der Waals surface area contributed by atoms with Crippen LogP contribution in [0.2, 0.25) is 0 Å². The predicted molar refractivity (Wildman–Crippen MR) is 130 cm³/mol. The molecule has 0 bridgehead atoms. The zero-order valence-corrected chi connectivity index (χ0v) is 19.7. The molecular formula is C25H25BrN4O2. The number of amides is 1. The molecule has 32 heavy (non-hydrogen) atoms. The van der Waals surface area contributed by atoms with Gasteiger partial charge in [0.05, 0.1) is 16.5 Å². The van der Waals surface area contributed by atoms with Gasteiger partial charge in [0.1, 0.15) is 0 Å². The number of carbonyl (C=O) groups excluding carboxylic acids is 1. The molecule has 0 aliphatic carbocycles. The van der Waals surface area contributed by atoms with Crippen molar-refractivity contribution in [1.82, 2.24) is 9.97 Å². The lowest BCUT2D eigenvalue weighted by Gasteiger charge is -2.13. The van der Waals surface area contributed by atoms with Crippen LogP contribution in [0.4, 0.5) is 5.95 Å². The normalized spacial score (nSPS) is 11.6. The van der Waals surface area contributed by atoms with Gasteiger partial charge in [-0.15, -0.1) is 0 Å². The number of benzene rings is 2. The molecule has 2 aromatic carbocycles. The molecule has 1 aromatic heterocycles. The first kappa shape index (κ1) is 23.4. The lowest BCUT2D eigenvalue weighted by Crippen LogP contribution is -2.26. The van der Waals surface area contributed by atoms with E-state index in [0.717, 1.165) is 35.2 Å². The van der Waals surface area contributed by atoms with Crippen molar-refractivity contribution in [2.75, 3.05) is 5.32 Å². The summed E-state index contributed by atoms with van der Waals surface area (Å²) in [5.41, 5.74) is 4.19. The average Bonchev–Trinajstić information content (AvgIpc) is 2.79. The Kier molecular flexibility index (Phi) is 7.96. The van der Waals surface area contributed by atoms with E-state index in [9.17, 15) is 14.9 Å². The number of alkyl halides is 1. The van der Waals surface area contributed by atoms with Crippen LogP contribution in [-0.2, 0) is 17.6 Å². The number of aryl methyl sites for hydroxylation is 1. The number of unbranched alkanes of at least 4 members (excludes halogenated alkanes) is 1. The molecule has 0 saturated heterocycles. The quantitative estimate of drug-likeness (QED) is 0.433. The number of aromatic nitrogens is 2. The predicted octanol–water partition coefficient (Wildman–Crippen LogP) is 4.96. The third kappa shape index (κ3) is 5.71. The summed E-state index contributed by atoms with van der Waals surface area (Å²) in [5, 5.41) is 12.3. The van der Waals surface area contributed by atoms with Crippen LogP contribution in [-0.4, -0.2) is 20.7 Å². The third-order valence-corrected chi connectivity index (χ3v) is 5.57. The number of hydrogen-bond donors (Lipinski definition) is 2. The zero-order chi connectivity index (χ0) is 23.1. The van der Waals surface area contributed by atoms with Crippen molar-refractivity contribution in [2.24, 2.45) is 0 Å². The standard InChI is InChI=1S/C25H25BrN4O2/c1-3-4-10-22-21(24(32)30-25(28-22)29-23(31)16(2)26)14-17-11-12-20(19(13-17)15-27)18-8-6-5-7-9-18/h5-9,11-13,16H,3-4,10,14H2,1-2H3,(H2,28,29,30,31,32). The molecule has 0 radical (unpaired) electrons. The Labute approximate surface area is 195 Å². The highest BCUT2D eigenvalue weighted by molar-refractivity contribution is 9.10. The van der Waals surface area contributed by atoms with E-state index >= 15 is 0 Å². The van der Waals surface area contributed by atoms with Gasteiger partial charge in [-0.3, -0.25) is 14.9 Å². The molecule has 1 heterocycles. The Morgan fingerprint density at radius 3 is 2.66 bits per heavy atom. The Hall–Kier alpha value is -3.24. The van der Waals surface area contributed by atoms with Crippen LogP contribution in [0.15, 0.2) is 53.3 Å². The number of nitriles is 1. The lowest BCUT2D eigenvalue weighted by atomic mass is 9.95. The molecule has 0 fully saturated rings. The second kappa shape index (κ2) is 10.9. The fraction of sp³-hybridized carbons (Fsp3) is 0.280. The van der Waals surface area contributed by atoms with Crippen LogP contribution in [0.1, 0.15) is 49.1 Å². The van der Waals surface area contributed by atoms with Crippen molar-refractivity contribution in [3.05, 3.63) is 81.3 Å². The highest BCUT2D eigenvalue weighted by Gasteiger charge is 2.16. The number of halogens is 1. The molecule has 164 valence electrons. The summed E-state index contributed by atoms with van der Waals surface area (Å²) < 4.78 is 0. The van der Waals surface area contributed by atoms with E-state index in [4.69, 9.17) is 0 Å². The van der Waals surface area contributed by atoms with Crippen LogP contribution in [0.25, 0.3) is 11.1 Å². The number of carbonyl (C=O) groups is 1.